The predicted octanol–water partition coefficient (Wildman–Crippen LogP) is 3.63. The molecule has 2 N–H and O–H groups in total. The number of alkyl carbamates (subject to hydrolysis) is 1. The fraction of sp³-hybridized carbons (Fsp3) is 0.444. The molecule has 2 bridgehead atoms. The molecule has 0 aromatic heterocycles. The maximum atomic E-state index is 13.0. The molecular formula is C27H28N2O5. The van der Waals surface area contributed by atoms with Crippen molar-refractivity contribution < 1.29 is 24.2 Å². The molecule has 2 aliphatic heterocycles. The summed E-state index contributed by atoms with van der Waals surface area (Å²) in [4.78, 5) is 38.8. The highest BCUT2D eigenvalue weighted by Crippen LogP contribution is 2.48. The van der Waals surface area contributed by atoms with E-state index in [0.29, 0.717) is 13.0 Å². The average molecular weight is 461 g/mol. The predicted molar refractivity (Wildman–Crippen MR) is 124 cm³/mol. The second-order valence-corrected chi connectivity index (χ2v) is 10.0. The molecule has 2 aromatic carbocycles. The number of hydrogen-bond donors (Lipinski definition) is 2. The Labute approximate surface area is 198 Å². The molecule has 6 rings (SSSR count). The van der Waals surface area contributed by atoms with Crippen molar-refractivity contribution in [1.29, 1.82) is 0 Å². The monoisotopic (exact) mass is 460 g/mol. The number of carboxylic acid groups (broad SMARTS) is 1. The summed E-state index contributed by atoms with van der Waals surface area (Å²) in [6.45, 7) is 0.666. The summed E-state index contributed by atoms with van der Waals surface area (Å²) >= 11 is 0. The SMILES string of the molecule is O=C(NC[C@H]1C[C@H]1C(=O)N1[C@H]2CC[C@@H]1[C@H](C(=O)O)C2)OCC1c2ccccc2-c2ccccc21. The van der Waals surface area contributed by atoms with E-state index in [0.717, 1.165) is 19.3 Å². The van der Waals surface area contributed by atoms with Crippen LogP contribution >= 0.6 is 0 Å². The van der Waals surface area contributed by atoms with Gasteiger partial charge in [0.1, 0.15) is 6.61 Å². The third kappa shape index (κ3) is 3.45. The molecule has 34 heavy (non-hydrogen) atoms. The van der Waals surface area contributed by atoms with Crippen LogP contribution in [0.4, 0.5) is 4.79 Å². The highest BCUT2D eigenvalue weighted by Gasteiger charge is 2.55. The van der Waals surface area contributed by atoms with Gasteiger partial charge in [0.25, 0.3) is 0 Å². The van der Waals surface area contributed by atoms with Gasteiger partial charge in [0, 0.05) is 30.5 Å². The van der Waals surface area contributed by atoms with E-state index >= 15 is 0 Å². The molecule has 5 atom stereocenters. The number of ether oxygens (including phenoxy) is 1. The maximum absolute atomic E-state index is 13.0. The molecule has 2 aromatic rings. The number of carbonyl (C=O) groups is 3. The normalized spacial score (nSPS) is 28.4. The first-order valence-electron chi connectivity index (χ1n) is 12.2. The highest BCUT2D eigenvalue weighted by molar-refractivity contribution is 5.85. The molecule has 3 fully saturated rings. The van der Waals surface area contributed by atoms with E-state index in [1.165, 1.54) is 22.3 Å². The van der Waals surface area contributed by atoms with E-state index in [-0.39, 0.29) is 42.4 Å². The number of carbonyl (C=O) groups excluding carboxylic acids is 2. The summed E-state index contributed by atoms with van der Waals surface area (Å²) in [5.74, 6) is -1.18. The van der Waals surface area contributed by atoms with Crippen molar-refractivity contribution in [3.63, 3.8) is 0 Å². The fourth-order valence-electron chi connectivity index (χ4n) is 6.43. The van der Waals surface area contributed by atoms with Gasteiger partial charge in [0.2, 0.25) is 5.91 Å². The lowest BCUT2D eigenvalue weighted by Crippen LogP contribution is -2.39. The Morgan fingerprint density at radius 2 is 1.62 bits per heavy atom. The Morgan fingerprint density at radius 3 is 2.26 bits per heavy atom. The summed E-state index contributed by atoms with van der Waals surface area (Å²) in [7, 11) is 0. The smallest absolute Gasteiger partial charge is 0.407 e. The Balaban J connectivity index is 1.01. The van der Waals surface area contributed by atoms with Crippen molar-refractivity contribution in [3.8, 4) is 11.1 Å². The fourth-order valence-corrected chi connectivity index (χ4v) is 6.43. The molecule has 4 aliphatic rings. The number of aliphatic carboxylic acids is 1. The number of nitrogens with zero attached hydrogens (tertiary/aromatic N) is 1. The van der Waals surface area contributed by atoms with Gasteiger partial charge in [-0.3, -0.25) is 9.59 Å². The average Bonchev–Trinajstić information content (AvgIpc) is 3.23. The van der Waals surface area contributed by atoms with Crippen LogP contribution in [0.1, 0.15) is 42.7 Å². The zero-order valence-corrected chi connectivity index (χ0v) is 18.9. The molecule has 2 amide bonds. The van der Waals surface area contributed by atoms with Gasteiger partial charge in [0.05, 0.1) is 5.92 Å². The Morgan fingerprint density at radius 1 is 0.941 bits per heavy atom. The Bertz CT molecular complexity index is 1120. The second kappa shape index (κ2) is 8.15. The summed E-state index contributed by atoms with van der Waals surface area (Å²) in [5.41, 5.74) is 4.72. The Kier molecular flexibility index (Phi) is 5.08. The van der Waals surface area contributed by atoms with Gasteiger partial charge in [0.15, 0.2) is 0 Å². The number of amides is 2. The lowest BCUT2D eigenvalue weighted by molar-refractivity contribution is -0.143. The summed E-state index contributed by atoms with van der Waals surface area (Å²) in [5, 5.41) is 12.3. The highest BCUT2D eigenvalue weighted by atomic mass is 16.5. The van der Waals surface area contributed by atoms with E-state index in [1.807, 2.05) is 29.2 Å². The number of hydrogen-bond acceptors (Lipinski definition) is 4. The van der Waals surface area contributed by atoms with Crippen molar-refractivity contribution in [2.24, 2.45) is 17.8 Å². The van der Waals surface area contributed by atoms with E-state index in [4.69, 9.17) is 4.74 Å². The molecule has 0 spiro atoms. The first-order valence-corrected chi connectivity index (χ1v) is 12.2. The van der Waals surface area contributed by atoms with Gasteiger partial charge in [-0.05, 0) is 53.9 Å². The summed E-state index contributed by atoms with van der Waals surface area (Å²) in [6.07, 6.45) is 2.52. The zero-order valence-electron chi connectivity index (χ0n) is 18.9. The van der Waals surface area contributed by atoms with Gasteiger partial charge in [-0.25, -0.2) is 4.79 Å². The van der Waals surface area contributed by atoms with Gasteiger partial charge < -0.3 is 20.1 Å². The van der Waals surface area contributed by atoms with Crippen LogP contribution in [-0.4, -0.2) is 53.2 Å². The number of carboxylic acids is 1. The summed E-state index contributed by atoms with van der Waals surface area (Å²) < 4.78 is 5.59. The number of fused-ring (bicyclic) bond motifs is 5. The topological polar surface area (TPSA) is 95.9 Å². The summed E-state index contributed by atoms with van der Waals surface area (Å²) in [6, 6.07) is 16.3. The largest absolute Gasteiger partial charge is 0.481 e. The maximum Gasteiger partial charge on any atom is 0.407 e. The van der Waals surface area contributed by atoms with Crippen LogP contribution in [0, 0.1) is 17.8 Å². The third-order valence-electron chi connectivity index (χ3n) is 8.20. The molecule has 2 saturated heterocycles. The molecule has 7 heteroatoms. The minimum absolute atomic E-state index is 0.0150. The second-order valence-electron chi connectivity index (χ2n) is 10.0. The van der Waals surface area contributed by atoms with Gasteiger partial charge in [-0.15, -0.1) is 0 Å². The van der Waals surface area contributed by atoms with Crippen molar-refractivity contribution in [3.05, 3.63) is 59.7 Å². The molecule has 0 unspecified atom stereocenters. The van der Waals surface area contributed by atoms with Crippen molar-refractivity contribution in [1.82, 2.24) is 10.2 Å². The number of nitrogens with one attached hydrogen (secondary N) is 1. The van der Waals surface area contributed by atoms with Crippen LogP contribution in [0.3, 0.4) is 0 Å². The molecular weight excluding hydrogens is 432 g/mol. The molecule has 1 saturated carbocycles. The zero-order chi connectivity index (χ0) is 23.4. The van der Waals surface area contributed by atoms with Crippen molar-refractivity contribution in [2.75, 3.05) is 13.2 Å². The van der Waals surface area contributed by atoms with Gasteiger partial charge in [-0.1, -0.05) is 48.5 Å². The lowest BCUT2D eigenvalue weighted by Gasteiger charge is -2.23. The minimum Gasteiger partial charge on any atom is -0.481 e. The minimum atomic E-state index is -0.797. The van der Waals surface area contributed by atoms with Crippen LogP contribution in [-0.2, 0) is 14.3 Å². The van der Waals surface area contributed by atoms with E-state index < -0.39 is 18.0 Å². The Hall–Kier alpha value is -3.35. The van der Waals surface area contributed by atoms with Crippen LogP contribution in [0.5, 0.6) is 0 Å². The van der Waals surface area contributed by atoms with Crippen LogP contribution in [0.2, 0.25) is 0 Å². The third-order valence-corrected chi connectivity index (χ3v) is 8.20. The first-order chi connectivity index (χ1) is 16.5. The van der Waals surface area contributed by atoms with E-state index in [9.17, 15) is 19.5 Å². The molecule has 7 nitrogen and oxygen atoms in total. The van der Waals surface area contributed by atoms with Crippen LogP contribution in [0.25, 0.3) is 11.1 Å². The van der Waals surface area contributed by atoms with E-state index in [1.54, 1.807) is 0 Å². The molecule has 176 valence electrons. The molecule has 2 heterocycles. The number of rotatable bonds is 6. The number of benzene rings is 2. The molecule has 0 radical (unpaired) electrons. The van der Waals surface area contributed by atoms with Gasteiger partial charge in [-0.2, -0.15) is 0 Å². The van der Waals surface area contributed by atoms with Gasteiger partial charge >= 0.3 is 12.1 Å². The van der Waals surface area contributed by atoms with Crippen LogP contribution < -0.4 is 5.32 Å². The lowest BCUT2D eigenvalue weighted by atomic mass is 9.89. The van der Waals surface area contributed by atoms with Crippen LogP contribution in [0.15, 0.2) is 48.5 Å². The standard InChI is InChI=1S/C27H28N2O5/c30-25(29-16-9-10-24(29)22(12-16)26(31)32)21-11-15(21)13-28-27(33)34-14-23-19-7-3-1-5-17(19)18-6-2-4-8-20(18)23/h1-8,15-16,21-24H,9-14H2,(H,28,33)(H,31,32)/t15-,16+,21-,22-,24-/m1/s1. The molecule has 2 aliphatic carbocycles. The quantitative estimate of drug-likeness (QED) is 0.686. The van der Waals surface area contributed by atoms with Crippen molar-refractivity contribution in [2.45, 2.75) is 43.7 Å². The van der Waals surface area contributed by atoms with E-state index in [2.05, 4.69) is 29.6 Å². The van der Waals surface area contributed by atoms with Crippen molar-refractivity contribution >= 4 is 18.0 Å². The first kappa shape index (κ1) is 21.2.